The van der Waals surface area contributed by atoms with Gasteiger partial charge in [0, 0.05) is 30.5 Å². The first-order valence-electron chi connectivity index (χ1n) is 7.54. The highest BCUT2D eigenvalue weighted by molar-refractivity contribution is 7.10. The van der Waals surface area contributed by atoms with Gasteiger partial charge in [-0.15, -0.1) is 11.3 Å². The molecule has 6 nitrogen and oxygen atoms in total. The molecule has 1 aliphatic heterocycles. The topological polar surface area (TPSA) is 74.6 Å². The van der Waals surface area contributed by atoms with Gasteiger partial charge in [0.15, 0.2) is 0 Å². The quantitative estimate of drug-likeness (QED) is 0.913. The molecule has 2 heterocycles. The Morgan fingerprint density at radius 1 is 1.52 bits per heavy atom. The van der Waals surface area contributed by atoms with E-state index in [4.69, 9.17) is 14.7 Å². The number of amides is 1. The molecule has 2 atom stereocenters. The van der Waals surface area contributed by atoms with Gasteiger partial charge in [-0.2, -0.15) is 5.26 Å². The van der Waals surface area contributed by atoms with Crippen LogP contribution < -0.4 is 5.32 Å². The van der Waals surface area contributed by atoms with Gasteiger partial charge in [-0.25, -0.2) is 4.79 Å². The lowest BCUT2D eigenvalue weighted by molar-refractivity contribution is 0.0252. The van der Waals surface area contributed by atoms with Gasteiger partial charge in [-0.3, -0.25) is 0 Å². The maximum absolute atomic E-state index is 12.2. The summed E-state index contributed by atoms with van der Waals surface area (Å²) >= 11 is 1.55. The molecule has 1 aliphatic rings. The molecule has 0 aliphatic carbocycles. The molecule has 1 saturated heterocycles. The van der Waals surface area contributed by atoms with Gasteiger partial charge in [0.1, 0.15) is 11.7 Å². The Morgan fingerprint density at radius 3 is 2.83 bits per heavy atom. The third-order valence-electron chi connectivity index (χ3n) is 3.54. The monoisotopic (exact) mass is 337 g/mol. The molecule has 1 N–H and O–H groups in total. The number of carbonyl (C=O) groups is 1. The fraction of sp³-hybridized carbons (Fsp3) is 0.625. The summed E-state index contributed by atoms with van der Waals surface area (Å²) in [4.78, 5) is 14.9. The van der Waals surface area contributed by atoms with Gasteiger partial charge in [-0.1, -0.05) is 0 Å². The number of rotatable bonds is 4. The van der Waals surface area contributed by atoms with Crippen molar-refractivity contribution in [2.45, 2.75) is 45.1 Å². The van der Waals surface area contributed by atoms with Crippen LogP contribution in [-0.2, 0) is 16.0 Å². The molecule has 126 valence electrons. The first kappa shape index (κ1) is 17.7. The van der Waals surface area contributed by atoms with Crippen molar-refractivity contribution in [3.8, 4) is 6.07 Å². The third kappa shape index (κ3) is 4.93. The van der Waals surface area contributed by atoms with Crippen LogP contribution in [-0.4, -0.2) is 48.9 Å². The van der Waals surface area contributed by atoms with E-state index in [9.17, 15) is 4.79 Å². The number of thiophene rings is 1. The standard InChI is InChI=1S/C16H23N3O3S/c1-16(2,3)22-15(20)19-8-13(14(9-19)21-4)18-7-12-5-11(6-17)10-23-12/h5,10,13-14,18H,7-9H2,1-4H3/t13?,14-/m0/s1. The van der Waals surface area contributed by atoms with Crippen molar-refractivity contribution in [3.05, 3.63) is 21.9 Å². The van der Waals surface area contributed by atoms with Crippen LogP contribution in [0.2, 0.25) is 0 Å². The summed E-state index contributed by atoms with van der Waals surface area (Å²) in [6.45, 7) is 7.27. The lowest BCUT2D eigenvalue weighted by Crippen LogP contribution is -2.40. The average molecular weight is 337 g/mol. The number of nitrogens with one attached hydrogen (secondary N) is 1. The van der Waals surface area contributed by atoms with Crippen molar-refractivity contribution >= 4 is 17.4 Å². The molecule has 23 heavy (non-hydrogen) atoms. The number of methoxy groups -OCH3 is 1. The summed E-state index contributed by atoms with van der Waals surface area (Å²) in [5, 5.41) is 14.1. The average Bonchev–Trinajstić information content (AvgIpc) is 3.09. The number of hydrogen-bond donors (Lipinski definition) is 1. The van der Waals surface area contributed by atoms with Crippen molar-refractivity contribution in [2.75, 3.05) is 20.2 Å². The molecule has 1 fully saturated rings. The van der Waals surface area contributed by atoms with Gasteiger partial charge in [0.2, 0.25) is 0 Å². The van der Waals surface area contributed by atoms with Gasteiger partial charge in [0.05, 0.1) is 24.3 Å². The molecule has 0 aromatic carbocycles. The summed E-state index contributed by atoms with van der Waals surface area (Å²) in [6, 6.07) is 4.04. The fourth-order valence-electron chi connectivity index (χ4n) is 2.45. The van der Waals surface area contributed by atoms with Crippen LogP contribution in [0.4, 0.5) is 4.79 Å². The molecule has 1 unspecified atom stereocenters. The van der Waals surface area contributed by atoms with Crippen LogP contribution in [0.1, 0.15) is 31.2 Å². The van der Waals surface area contributed by atoms with E-state index in [1.54, 1.807) is 23.3 Å². The third-order valence-corrected chi connectivity index (χ3v) is 4.48. The Balaban J connectivity index is 1.91. The van der Waals surface area contributed by atoms with Crippen LogP contribution in [0.25, 0.3) is 0 Å². The maximum atomic E-state index is 12.2. The van der Waals surface area contributed by atoms with E-state index in [0.29, 0.717) is 25.2 Å². The first-order chi connectivity index (χ1) is 10.8. The van der Waals surface area contributed by atoms with E-state index < -0.39 is 5.60 Å². The van der Waals surface area contributed by atoms with Crippen molar-refractivity contribution in [1.29, 1.82) is 5.26 Å². The Kier molecular flexibility index (Phi) is 5.63. The zero-order chi connectivity index (χ0) is 17.0. The predicted molar refractivity (Wildman–Crippen MR) is 88.3 cm³/mol. The van der Waals surface area contributed by atoms with E-state index in [-0.39, 0.29) is 18.2 Å². The first-order valence-corrected chi connectivity index (χ1v) is 8.42. The highest BCUT2D eigenvalue weighted by Gasteiger charge is 2.37. The van der Waals surface area contributed by atoms with Gasteiger partial charge in [-0.05, 0) is 26.8 Å². The van der Waals surface area contributed by atoms with Crippen molar-refractivity contribution in [2.24, 2.45) is 0 Å². The number of carbonyl (C=O) groups excluding carboxylic acids is 1. The molecule has 1 aromatic heterocycles. The normalized spacial score (nSPS) is 21.3. The molecular weight excluding hydrogens is 314 g/mol. The summed E-state index contributed by atoms with van der Waals surface area (Å²) in [5.41, 5.74) is 0.174. The number of likely N-dealkylation sites (tertiary alicyclic amines) is 1. The van der Waals surface area contributed by atoms with Gasteiger partial charge >= 0.3 is 6.09 Å². The molecule has 0 radical (unpaired) electrons. The molecule has 2 rings (SSSR count). The minimum Gasteiger partial charge on any atom is -0.444 e. The fourth-order valence-corrected chi connectivity index (χ4v) is 3.21. The second kappa shape index (κ2) is 7.30. The van der Waals surface area contributed by atoms with Gasteiger partial charge < -0.3 is 19.7 Å². The predicted octanol–water partition coefficient (Wildman–Crippen LogP) is 2.34. The Bertz CT molecular complexity index is 588. The molecule has 1 aromatic rings. The smallest absolute Gasteiger partial charge is 0.410 e. The highest BCUT2D eigenvalue weighted by atomic mass is 32.1. The zero-order valence-corrected chi connectivity index (χ0v) is 14.8. The lowest BCUT2D eigenvalue weighted by atomic mass is 10.2. The number of ether oxygens (including phenoxy) is 2. The van der Waals surface area contributed by atoms with E-state index in [1.165, 1.54) is 0 Å². The van der Waals surface area contributed by atoms with Crippen molar-refractivity contribution in [3.63, 3.8) is 0 Å². The summed E-state index contributed by atoms with van der Waals surface area (Å²) in [7, 11) is 1.65. The SMILES string of the molecule is CO[C@H]1CN(C(=O)OC(C)(C)C)CC1NCc1cc(C#N)cs1. The largest absolute Gasteiger partial charge is 0.444 e. The second-order valence-electron chi connectivity index (χ2n) is 6.56. The summed E-state index contributed by atoms with van der Waals surface area (Å²) in [6.07, 6.45) is -0.385. The molecule has 0 saturated carbocycles. The molecule has 0 spiro atoms. The van der Waals surface area contributed by atoms with E-state index in [2.05, 4.69) is 11.4 Å². The molecule has 0 bridgehead atoms. The Morgan fingerprint density at radius 2 is 2.26 bits per heavy atom. The minimum atomic E-state index is -0.504. The minimum absolute atomic E-state index is 0.0418. The van der Waals surface area contributed by atoms with Crippen LogP contribution in [0.3, 0.4) is 0 Å². The maximum Gasteiger partial charge on any atom is 0.410 e. The molecule has 1 amide bonds. The summed E-state index contributed by atoms with van der Waals surface area (Å²) in [5.74, 6) is 0. The Labute approximate surface area is 141 Å². The highest BCUT2D eigenvalue weighted by Crippen LogP contribution is 2.19. The van der Waals surface area contributed by atoms with Crippen LogP contribution in [0.15, 0.2) is 11.4 Å². The molecular formula is C16H23N3O3S. The second-order valence-corrected chi connectivity index (χ2v) is 7.56. The lowest BCUT2D eigenvalue weighted by Gasteiger charge is -2.24. The van der Waals surface area contributed by atoms with Crippen molar-refractivity contribution in [1.82, 2.24) is 10.2 Å². The van der Waals surface area contributed by atoms with Crippen molar-refractivity contribution < 1.29 is 14.3 Å². The van der Waals surface area contributed by atoms with E-state index in [0.717, 1.165) is 4.88 Å². The van der Waals surface area contributed by atoms with Gasteiger partial charge in [0.25, 0.3) is 0 Å². The number of hydrogen-bond acceptors (Lipinski definition) is 6. The summed E-state index contributed by atoms with van der Waals surface area (Å²) < 4.78 is 10.9. The Hall–Kier alpha value is -1.62. The van der Waals surface area contributed by atoms with E-state index >= 15 is 0 Å². The van der Waals surface area contributed by atoms with Crippen LogP contribution >= 0.6 is 11.3 Å². The van der Waals surface area contributed by atoms with Crippen LogP contribution in [0.5, 0.6) is 0 Å². The number of nitriles is 1. The number of nitrogens with zero attached hydrogens (tertiary/aromatic N) is 2. The molecule has 7 heteroatoms. The zero-order valence-electron chi connectivity index (χ0n) is 14.0. The van der Waals surface area contributed by atoms with Crippen LogP contribution in [0, 0.1) is 11.3 Å². The van der Waals surface area contributed by atoms with E-state index in [1.807, 2.05) is 32.2 Å².